The maximum atomic E-state index is 12.4. The zero-order valence-electron chi connectivity index (χ0n) is 15.9. The summed E-state index contributed by atoms with van der Waals surface area (Å²) in [4.78, 5) is 28.7. The average molecular weight is 413 g/mol. The summed E-state index contributed by atoms with van der Waals surface area (Å²) in [6, 6.07) is 11.9. The maximum Gasteiger partial charge on any atom is 0.341 e. The topological polar surface area (TPSA) is 104 Å². The van der Waals surface area contributed by atoms with E-state index in [4.69, 9.17) is 14.0 Å². The van der Waals surface area contributed by atoms with Gasteiger partial charge in [-0.25, -0.2) is 9.78 Å². The molecule has 0 aliphatic heterocycles. The summed E-state index contributed by atoms with van der Waals surface area (Å²) in [5.74, 6) is 0.814. The van der Waals surface area contributed by atoms with E-state index in [1.165, 1.54) is 11.8 Å². The first-order valence-electron chi connectivity index (χ1n) is 8.66. The number of rotatable bonds is 8. The minimum Gasteiger partial charge on any atom is -0.497 e. The number of esters is 1. The van der Waals surface area contributed by atoms with E-state index in [9.17, 15) is 9.59 Å². The number of methoxy groups -OCH3 is 1. The van der Waals surface area contributed by atoms with E-state index in [1.54, 1.807) is 49.7 Å². The van der Waals surface area contributed by atoms with Crippen molar-refractivity contribution in [3.8, 4) is 5.75 Å². The molecule has 2 aromatic heterocycles. The molecule has 8 nitrogen and oxygen atoms in total. The van der Waals surface area contributed by atoms with E-state index < -0.39 is 18.5 Å². The number of benzene rings is 1. The van der Waals surface area contributed by atoms with Crippen molar-refractivity contribution in [1.29, 1.82) is 0 Å². The van der Waals surface area contributed by atoms with Gasteiger partial charge in [-0.2, -0.15) is 0 Å². The SMILES string of the molecule is COc1ccc(NC(=O)COC(=O)c2cccnc2SCc2cc(C)on2)cc1. The van der Waals surface area contributed by atoms with Crippen molar-refractivity contribution >= 4 is 29.3 Å². The number of carbonyl (C=O) groups is 2. The highest BCUT2D eigenvalue weighted by atomic mass is 32.2. The summed E-state index contributed by atoms with van der Waals surface area (Å²) in [6.45, 7) is 1.40. The van der Waals surface area contributed by atoms with E-state index in [-0.39, 0.29) is 5.56 Å². The number of pyridine rings is 1. The third-order valence-corrected chi connectivity index (χ3v) is 4.77. The van der Waals surface area contributed by atoms with Crippen molar-refractivity contribution in [3.63, 3.8) is 0 Å². The van der Waals surface area contributed by atoms with Gasteiger partial charge in [0.25, 0.3) is 5.91 Å². The highest BCUT2D eigenvalue weighted by Gasteiger charge is 2.16. The van der Waals surface area contributed by atoms with Crippen molar-refractivity contribution in [1.82, 2.24) is 10.1 Å². The third-order valence-electron chi connectivity index (χ3n) is 3.73. The molecule has 0 radical (unpaired) electrons. The summed E-state index contributed by atoms with van der Waals surface area (Å²) in [7, 11) is 1.56. The van der Waals surface area contributed by atoms with Crippen molar-refractivity contribution < 1.29 is 23.6 Å². The molecule has 2 heterocycles. The van der Waals surface area contributed by atoms with Gasteiger partial charge >= 0.3 is 5.97 Å². The summed E-state index contributed by atoms with van der Waals surface area (Å²) >= 11 is 1.34. The molecule has 0 saturated carbocycles. The Morgan fingerprint density at radius 3 is 2.69 bits per heavy atom. The second-order valence-corrected chi connectivity index (χ2v) is 6.89. The molecule has 0 unspecified atom stereocenters. The molecule has 1 amide bonds. The Balaban J connectivity index is 1.55. The van der Waals surface area contributed by atoms with Crippen molar-refractivity contribution in [2.24, 2.45) is 0 Å². The minimum atomic E-state index is -0.623. The largest absolute Gasteiger partial charge is 0.497 e. The van der Waals surface area contributed by atoms with E-state index in [1.807, 2.05) is 13.0 Å². The van der Waals surface area contributed by atoms with Crippen LogP contribution in [0.15, 0.2) is 58.2 Å². The quantitative estimate of drug-likeness (QED) is 0.442. The highest BCUT2D eigenvalue weighted by molar-refractivity contribution is 7.98. The Hall–Kier alpha value is -3.33. The minimum absolute atomic E-state index is 0.287. The first-order valence-corrected chi connectivity index (χ1v) is 9.65. The number of nitrogens with one attached hydrogen (secondary N) is 1. The van der Waals surface area contributed by atoms with Crippen molar-refractivity contribution in [2.45, 2.75) is 17.7 Å². The third kappa shape index (κ3) is 5.82. The van der Waals surface area contributed by atoms with Crippen molar-refractivity contribution in [3.05, 3.63) is 65.7 Å². The van der Waals surface area contributed by atoms with Crippen LogP contribution in [0.2, 0.25) is 0 Å². The molecule has 3 aromatic rings. The fourth-order valence-corrected chi connectivity index (χ4v) is 3.23. The van der Waals surface area contributed by atoms with Gasteiger partial charge in [0.05, 0.1) is 18.4 Å². The van der Waals surface area contributed by atoms with Gasteiger partial charge in [-0.15, -0.1) is 0 Å². The Morgan fingerprint density at radius 2 is 2.00 bits per heavy atom. The molecular formula is C20H19N3O5S. The van der Waals surface area contributed by atoms with Gasteiger partial charge in [0.2, 0.25) is 0 Å². The van der Waals surface area contributed by atoms with E-state index >= 15 is 0 Å². The molecule has 0 atom stereocenters. The lowest BCUT2D eigenvalue weighted by atomic mass is 10.3. The highest BCUT2D eigenvalue weighted by Crippen LogP contribution is 2.24. The summed E-state index contributed by atoms with van der Waals surface area (Å²) in [5.41, 5.74) is 1.61. The smallest absolute Gasteiger partial charge is 0.341 e. The second kappa shape index (κ2) is 9.74. The molecule has 9 heteroatoms. The Kier molecular flexibility index (Phi) is 6.85. The van der Waals surface area contributed by atoms with Crippen LogP contribution >= 0.6 is 11.8 Å². The van der Waals surface area contributed by atoms with Gasteiger partial charge < -0.3 is 19.3 Å². The van der Waals surface area contributed by atoms with Gasteiger partial charge in [-0.05, 0) is 43.3 Å². The van der Waals surface area contributed by atoms with Crippen LogP contribution in [0.25, 0.3) is 0 Å². The summed E-state index contributed by atoms with van der Waals surface area (Å²) in [6.07, 6.45) is 1.59. The normalized spacial score (nSPS) is 10.4. The molecule has 150 valence electrons. The van der Waals surface area contributed by atoms with Gasteiger partial charge in [-0.1, -0.05) is 16.9 Å². The fraction of sp³-hybridized carbons (Fsp3) is 0.200. The van der Waals surface area contributed by atoms with Crippen LogP contribution in [0.3, 0.4) is 0 Å². The predicted octanol–water partition coefficient (Wildman–Crippen LogP) is 3.47. The standard InChI is InChI=1S/C20H19N3O5S/c1-13-10-15(23-28-13)12-29-19-17(4-3-9-21-19)20(25)27-11-18(24)22-14-5-7-16(26-2)8-6-14/h3-10H,11-12H2,1-2H3,(H,22,24). The van der Waals surface area contributed by atoms with E-state index in [0.29, 0.717) is 28.0 Å². The number of aryl methyl sites for hydroxylation is 1. The van der Waals surface area contributed by atoms with Crippen LogP contribution in [0.1, 0.15) is 21.8 Å². The molecule has 0 spiro atoms. The fourth-order valence-electron chi connectivity index (χ4n) is 2.37. The molecule has 0 fully saturated rings. The van der Waals surface area contributed by atoms with E-state index in [2.05, 4.69) is 15.5 Å². The number of hydrogen-bond acceptors (Lipinski definition) is 8. The molecule has 0 bridgehead atoms. The van der Waals surface area contributed by atoms with Gasteiger partial charge in [0.15, 0.2) is 6.61 Å². The zero-order chi connectivity index (χ0) is 20.6. The lowest BCUT2D eigenvalue weighted by Crippen LogP contribution is -2.21. The monoisotopic (exact) mass is 413 g/mol. The molecule has 0 aliphatic carbocycles. The predicted molar refractivity (Wildman–Crippen MR) is 107 cm³/mol. The number of ether oxygens (including phenoxy) is 2. The van der Waals surface area contributed by atoms with Crippen LogP contribution in [-0.2, 0) is 15.3 Å². The van der Waals surface area contributed by atoms with Crippen LogP contribution in [0.5, 0.6) is 5.75 Å². The molecule has 3 rings (SSSR count). The maximum absolute atomic E-state index is 12.4. The molecule has 29 heavy (non-hydrogen) atoms. The van der Waals surface area contributed by atoms with Crippen LogP contribution in [0, 0.1) is 6.92 Å². The van der Waals surface area contributed by atoms with Gasteiger partial charge in [0, 0.05) is 23.7 Å². The van der Waals surface area contributed by atoms with Crippen molar-refractivity contribution in [2.75, 3.05) is 19.0 Å². The number of amides is 1. The average Bonchev–Trinajstić information content (AvgIpc) is 3.16. The molecule has 1 N–H and O–H groups in total. The van der Waals surface area contributed by atoms with Gasteiger partial charge in [0.1, 0.15) is 16.5 Å². The summed E-state index contributed by atoms with van der Waals surface area (Å²) < 4.78 is 15.2. The van der Waals surface area contributed by atoms with Crippen LogP contribution in [0.4, 0.5) is 5.69 Å². The molecule has 0 saturated heterocycles. The number of anilines is 1. The number of hydrogen-bond donors (Lipinski definition) is 1. The summed E-state index contributed by atoms with van der Waals surface area (Å²) in [5, 5.41) is 7.06. The molecule has 1 aromatic carbocycles. The Morgan fingerprint density at radius 1 is 1.21 bits per heavy atom. The molecule has 0 aliphatic rings. The Labute approximate surface area is 171 Å². The number of aromatic nitrogens is 2. The number of nitrogens with zero attached hydrogens (tertiary/aromatic N) is 2. The van der Waals surface area contributed by atoms with E-state index in [0.717, 1.165) is 5.69 Å². The Bertz CT molecular complexity index is 988. The number of carbonyl (C=O) groups excluding carboxylic acids is 2. The van der Waals surface area contributed by atoms with Crippen LogP contribution < -0.4 is 10.1 Å². The molecular weight excluding hydrogens is 394 g/mol. The first kappa shape index (κ1) is 20.4. The lowest BCUT2D eigenvalue weighted by Gasteiger charge is -2.09. The van der Waals surface area contributed by atoms with Gasteiger partial charge in [-0.3, -0.25) is 4.79 Å². The first-order chi connectivity index (χ1) is 14.0. The zero-order valence-corrected chi connectivity index (χ0v) is 16.7. The lowest BCUT2D eigenvalue weighted by molar-refractivity contribution is -0.119. The number of thioether (sulfide) groups is 1. The van der Waals surface area contributed by atoms with Crippen LogP contribution in [-0.4, -0.2) is 35.7 Å². The second-order valence-electron chi connectivity index (χ2n) is 5.93.